The number of nitrogens with two attached hydrogens (primary N) is 1. The molecule has 0 bridgehead atoms. The predicted molar refractivity (Wildman–Crippen MR) is 66.5 cm³/mol. The molecular formula is C11H24ClN3. The highest BCUT2D eigenvalue weighted by atomic mass is 35.5. The number of nitrogens with zero attached hydrogens (tertiary/aromatic N) is 1. The van der Waals surface area contributed by atoms with Gasteiger partial charge in [0.25, 0.3) is 0 Å². The van der Waals surface area contributed by atoms with Gasteiger partial charge in [0.15, 0.2) is 0 Å². The quantitative estimate of drug-likeness (QED) is 0.759. The van der Waals surface area contributed by atoms with Crippen LogP contribution in [-0.2, 0) is 0 Å². The lowest BCUT2D eigenvalue weighted by Crippen LogP contribution is -2.44. The van der Waals surface area contributed by atoms with Gasteiger partial charge in [0.2, 0.25) is 0 Å². The first-order chi connectivity index (χ1) is 6.90. The number of piperidine rings is 1. The standard InChI is InChI=1S/C11H23N3.ClH/c12-5-8-14-7-2-3-10(9-14)11-4-1-6-13-11;/h10-11,13H,1-9,12H2;1H. The summed E-state index contributed by atoms with van der Waals surface area (Å²) in [5.41, 5.74) is 5.60. The van der Waals surface area contributed by atoms with Crippen molar-refractivity contribution in [2.24, 2.45) is 11.7 Å². The van der Waals surface area contributed by atoms with Crippen molar-refractivity contribution in [2.45, 2.75) is 31.7 Å². The van der Waals surface area contributed by atoms with E-state index in [2.05, 4.69) is 10.2 Å². The van der Waals surface area contributed by atoms with Crippen LogP contribution in [0.25, 0.3) is 0 Å². The van der Waals surface area contributed by atoms with Gasteiger partial charge < -0.3 is 16.0 Å². The lowest BCUT2D eigenvalue weighted by atomic mass is 9.90. The van der Waals surface area contributed by atoms with E-state index in [-0.39, 0.29) is 12.4 Å². The Morgan fingerprint density at radius 1 is 1.27 bits per heavy atom. The average Bonchev–Trinajstić information content (AvgIpc) is 2.71. The average molecular weight is 234 g/mol. The van der Waals surface area contributed by atoms with Crippen LogP contribution in [0.1, 0.15) is 25.7 Å². The molecule has 0 spiro atoms. The Bertz CT molecular complexity index is 169. The summed E-state index contributed by atoms with van der Waals surface area (Å²) in [6, 6.07) is 0.801. The van der Waals surface area contributed by atoms with E-state index in [1.54, 1.807) is 0 Å². The summed E-state index contributed by atoms with van der Waals surface area (Å²) >= 11 is 0. The van der Waals surface area contributed by atoms with Crippen molar-refractivity contribution in [3.8, 4) is 0 Å². The fourth-order valence-corrected chi connectivity index (χ4v) is 2.92. The molecule has 0 saturated carbocycles. The molecule has 2 rings (SSSR count). The van der Waals surface area contributed by atoms with Crippen LogP contribution in [0, 0.1) is 5.92 Å². The first-order valence-corrected chi connectivity index (χ1v) is 6.06. The van der Waals surface area contributed by atoms with E-state index in [9.17, 15) is 0 Å². The van der Waals surface area contributed by atoms with E-state index < -0.39 is 0 Å². The fourth-order valence-electron chi connectivity index (χ4n) is 2.92. The van der Waals surface area contributed by atoms with Crippen LogP contribution < -0.4 is 11.1 Å². The molecule has 0 amide bonds. The summed E-state index contributed by atoms with van der Waals surface area (Å²) in [5, 5.41) is 3.63. The van der Waals surface area contributed by atoms with Gasteiger partial charge in [-0.3, -0.25) is 0 Å². The second-order valence-electron chi connectivity index (χ2n) is 4.69. The van der Waals surface area contributed by atoms with Gasteiger partial charge in [-0.05, 0) is 44.7 Å². The Labute approximate surface area is 99.2 Å². The van der Waals surface area contributed by atoms with Gasteiger partial charge >= 0.3 is 0 Å². The molecule has 2 unspecified atom stereocenters. The molecular weight excluding hydrogens is 210 g/mol. The maximum atomic E-state index is 5.60. The summed E-state index contributed by atoms with van der Waals surface area (Å²) < 4.78 is 0. The minimum atomic E-state index is 0. The third-order valence-electron chi connectivity index (χ3n) is 3.65. The number of halogens is 1. The molecule has 4 heteroatoms. The van der Waals surface area contributed by atoms with Crippen LogP contribution in [0.2, 0.25) is 0 Å². The Morgan fingerprint density at radius 3 is 2.80 bits per heavy atom. The molecule has 0 aromatic rings. The van der Waals surface area contributed by atoms with Gasteiger partial charge in [0.05, 0.1) is 0 Å². The van der Waals surface area contributed by atoms with Crippen molar-refractivity contribution >= 4 is 12.4 Å². The monoisotopic (exact) mass is 233 g/mol. The van der Waals surface area contributed by atoms with Crippen molar-refractivity contribution in [3.05, 3.63) is 0 Å². The third kappa shape index (κ3) is 3.59. The summed E-state index contributed by atoms with van der Waals surface area (Å²) in [7, 11) is 0. The molecule has 0 radical (unpaired) electrons. The highest BCUT2D eigenvalue weighted by Crippen LogP contribution is 2.24. The van der Waals surface area contributed by atoms with Gasteiger partial charge in [-0.1, -0.05) is 0 Å². The van der Waals surface area contributed by atoms with Crippen LogP contribution >= 0.6 is 12.4 Å². The smallest absolute Gasteiger partial charge is 0.0108 e. The Morgan fingerprint density at radius 2 is 2.13 bits per heavy atom. The molecule has 2 aliphatic heterocycles. The molecule has 2 saturated heterocycles. The second kappa shape index (κ2) is 6.69. The zero-order valence-corrected chi connectivity index (χ0v) is 10.3. The van der Waals surface area contributed by atoms with Crippen molar-refractivity contribution < 1.29 is 0 Å². The summed E-state index contributed by atoms with van der Waals surface area (Å²) in [6.07, 6.45) is 5.54. The molecule has 3 N–H and O–H groups in total. The molecule has 0 aliphatic carbocycles. The molecule has 15 heavy (non-hydrogen) atoms. The zero-order chi connectivity index (χ0) is 9.80. The van der Waals surface area contributed by atoms with E-state index in [1.807, 2.05) is 0 Å². The van der Waals surface area contributed by atoms with Gasteiger partial charge in [0, 0.05) is 25.7 Å². The highest BCUT2D eigenvalue weighted by Gasteiger charge is 2.28. The maximum absolute atomic E-state index is 5.60. The molecule has 0 aromatic heterocycles. The first-order valence-electron chi connectivity index (χ1n) is 6.06. The summed E-state index contributed by atoms with van der Waals surface area (Å²) in [6.45, 7) is 5.67. The maximum Gasteiger partial charge on any atom is 0.0108 e. The van der Waals surface area contributed by atoms with Gasteiger partial charge in [-0.15, -0.1) is 12.4 Å². The van der Waals surface area contributed by atoms with E-state index in [0.29, 0.717) is 0 Å². The number of likely N-dealkylation sites (tertiary alicyclic amines) is 1. The first kappa shape index (κ1) is 13.2. The molecule has 2 heterocycles. The normalized spacial score (nSPS) is 32.6. The minimum Gasteiger partial charge on any atom is -0.329 e. The van der Waals surface area contributed by atoms with Gasteiger partial charge in [-0.25, -0.2) is 0 Å². The van der Waals surface area contributed by atoms with Crippen LogP contribution in [0.5, 0.6) is 0 Å². The molecule has 2 fully saturated rings. The fraction of sp³-hybridized carbons (Fsp3) is 1.00. The summed E-state index contributed by atoms with van der Waals surface area (Å²) in [5.74, 6) is 0.887. The van der Waals surface area contributed by atoms with E-state index >= 15 is 0 Å². The number of nitrogens with one attached hydrogen (secondary N) is 1. The van der Waals surface area contributed by atoms with E-state index in [1.165, 1.54) is 45.3 Å². The predicted octanol–water partition coefficient (Wildman–Crippen LogP) is 0.831. The van der Waals surface area contributed by atoms with Gasteiger partial charge in [-0.2, -0.15) is 0 Å². The minimum absolute atomic E-state index is 0. The highest BCUT2D eigenvalue weighted by molar-refractivity contribution is 5.85. The SMILES string of the molecule is Cl.NCCN1CCCC(C2CCCN2)C1. The topological polar surface area (TPSA) is 41.3 Å². The van der Waals surface area contributed by atoms with Crippen molar-refractivity contribution in [1.82, 2.24) is 10.2 Å². The zero-order valence-electron chi connectivity index (χ0n) is 9.45. The summed E-state index contributed by atoms with van der Waals surface area (Å²) in [4.78, 5) is 2.54. The lowest BCUT2D eigenvalue weighted by Gasteiger charge is -2.35. The molecule has 90 valence electrons. The van der Waals surface area contributed by atoms with Crippen molar-refractivity contribution in [1.29, 1.82) is 0 Å². The van der Waals surface area contributed by atoms with Crippen LogP contribution in [0.15, 0.2) is 0 Å². The molecule has 3 nitrogen and oxygen atoms in total. The third-order valence-corrected chi connectivity index (χ3v) is 3.65. The Balaban J connectivity index is 0.00000112. The molecule has 0 aromatic carbocycles. The van der Waals surface area contributed by atoms with Crippen LogP contribution in [-0.4, -0.2) is 43.7 Å². The Hall–Kier alpha value is 0.170. The van der Waals surface area contributed by atoms with Gasteiger partial charge in [0.1, 0.15) is 0 Å². The number of hydrogen-bond acceptors (Lipinski definition) is 3. The van der Waals surface area contributed by atoms with Crippen LogP contribution in [0.3, 0.4) is 0 Å². The van der Waals surface area contributed by atoms with E-state index in [0.717, 1.165) is 25.0 Å². The van der Waals surface area contributed by atoms with Crippen LogP contribution in [0.4, 0.5) is 0 Å². The van der Waals surface area contributed by atoms with Crippen molar-refractivity contribution in [3.63, 3.8) is 0 Å². The lowest BCUT2D eigenvalue weighted by molar-refractivity contribution is 0.155. The molecule has 2 atom stereocenters. The van der Waals surface area contributed by atoms with Crippen molar-refractivity contribution in [2.75, 3.05) is 32.7 Å². The number of rotatable bonds is 3. The van der Waals surface area contributed by atoms with E-state index in [4.69, 9.17) is 5.73 Å². The largest absolute Gasteiger partial charge is 0.329 e. The Kier molecular flexibility index (Phi) is 5.90. The number of hydrogen-bond donors (Lipinski definition) is 2. The molecule has 2 aliphatic rings. The second-order valence-corrected chi connectivity index (χ2v) is 4.69.